The Morgan fingerprint density at radius 2 is 1.91 bits per heavy atom. The van der Waals surface area contributed by atoms with Crippen LogP contribution in [-0.2, 0) is 14.8 Å². The Kier molecular flexibility index (Phi) is 5.42. The lowest BCUT2D eigenvalue weighted by atomic mass is 10.1. The molecule has 0 bridgehead atoms. The van der Waals surface area contributed by atoms with Crippen LogP contribution in [0.2, 0.25) is 0 Å². The van der Waals surface area contributed by atoms with E-state index in [-0.39, 0.29) is 34.1 Å². The highest BCUT2D eigenvalue weighted by atomic mass is 32.2. The Bertz CT molecular complexity index is 1510. The summed E-state index contributed by atoms with van der Waals surface area (Å²) in [6.45, 7) is 1.73. The number of nitrogens with one attached hydrogen (secondary N) is 1. The van der Waals surface area contributed by atoms with Crippen molar-refractivity contribution in [3.05, 3.63) is 53.6 Å². The smallest absolute Gasteiger partial charge is 0.341 e. The number of ether oxygens (including phenoxy) is 1. The van der Waals surface area contributed by atoms with Crippen LogP contribution in [0, 0.1) is 19.3 Å². The fraction of sp³-hybridized carbons (Fsp3) is 0.174. The highest BCUT2D eigenvalue weighted by Gasteiger charge is 2.25. The van der Waals surface area contributed by atoms with Gasteiger partial charge < -0.3 is 9.72 Å². The maximum absolute atomic E-state index is 12.8. The lowest BCUT2D eigenvalue weighted by Crippen LogP contribution is -2.22. The van der Waals surface area contributed by atoms with Gasteiger partial charge in [-0.2, -0.15) is 0 Å². The number of benzene rings is 2. The molecule has 0 saturated carbocycles. The van der Waals surface area contributed by atoms with E-state index in [1.54, 1.807) is 18.2 Å². The summed E-state index contributed by atoms with van der Waals surface area (Å²) in [4.78, 5) is 25.1. The van der Waals surface area contributed by atoms with Gasteiger partial charge >= 0.3 is 5.97 Å². The van der Waals surface area contributed by atoms with Gasteiger partial charge in [0.1, 0.15) is 16.1 Å². The molecule has 4 rings (SSSR count). The number of para-hydroxylation sites is 2. The van der Waals surface area contributed by atoms with Crippen LogP contribution in [0.25, 0.3) is 33.5 Å². The Hall–Kier alpha value is -3.74. The number of carbonyl (C=O) groups excluding carboxylic acids is 1. The van der Waals surface area contributed by atoms with Gasteiger partial charge in [-0.1, -0.05) is 30.2 Å². The number of pyridine rings is 1. The van der Waals surface area contributed by atoms with Gasteiger partial charge in [0.15, 0.2) is 12.4 Å². The van der Waals surface area contributed by atoms with Crippen molar-refractivity contribution in [2.75, 3.05) is 20.7 Å². The van der Waals surface area contributed by atoms with Crippen LogP contribution in [0.15, 0.2) is 47.4 Å². The van der Waals surface area contributed by atoms with Gasteiger partial charge in [-0.15, -0.1) is 6.42 Å². The normalized spacial score (nSPS) is 11.7. The van der Waals surface area contributed by atoms with Crippen LogP contribution < -0.4 is 0 Å². The fourth-order valence-electron chi connectivity index (χ4n) is 3.39. The molecule has 1 N–H and O–H groups in total. The first-order chi connectivity index (χ1) is 15.2. The van der Waals surface area contributed by atoms with E-state index in [4.69, 9.17) is 16.1 Å². The number of imidazole rings is 1. The van der Waals surface area contributed by atoms with Crippen molar-refractivity contribution in [3.8, 4) is 23.9 Å². The zero-order valence-electron chi connectivity index (χ0n) is 17.7. The topological polar surface area (TPSA) is 105 Å². The second-order valence-electron chi connectivity index (χ2n) is 7.34. The Balaban J connectivity index is 1.99. The fourth-order valence-corrected chi connectivity index (χ4v) is 4.43. The van der Waals surface area contributed by atoms with Gasteiger partial charge in [0.05, 0.1) is 16.6 Å². The predicted octanol–water partition coefficient (Wildman–Crippen LogP) is 3.13. The summed E-state index contributed by atoms with van der Waals surface area (Å²) < 4.78 is 31.8. The van der Waals surface area contributed by atoms with Crippen molar-refractivity contribution in [1.29, 1.82) is 0 Å². The molecule has 0 aliphatic rings. The minimum absolute atomic E-state index is 0.0518. The van der Waals surface area contributed by atoms with Gasteiger partial charge in [0, 0.05) is 19.5 Å². The van der Waals surface area contributed by atoms with E-state index in [9.17, 15) is 13.2 Å². The number of esters is 1. The maximum atomic E-state index is 12.8. The van der Waals surface area contributed by atoms with E-state index in [0.29, 0.717) is 11.0 Å². The highest BCUT2D eigenvalue weighted by Crippen LogP contribution is 2.30. The number of hydrogen-bond acceptors (Lipinski definition) is 6. The Morgan fingerprint density at radius 1 is 1.16 bits per heavy atom. The molecule has 0 amide bonds. The molecule has 4 aromatic rings. The first-order valence-electron chi connectivity index (χ1n) is 9.66. The number of aromatic amines is 1. The monoisotopic (exact) mass is 448 g/mol. The number of nitrogens with zero attached hydrogens (tertiary/aromatic N) is 3. The molecule has 2 heterocycles. The lowest BCUT2D eigenvalue weighted by molar-refractivity contribution is 0.0557. The summed E-state index contributed by atoms with van der Waals surface area (Å²) in [6, 6.07) is 12.1. The maximum Gasteiger partial charge on any atom is 0.341 e. The molecular formula is C23H20N4O4S. The van der Waals surface area contributed by atoms with Crippen molar-refractivity contribution < 1.29 is 17.9 Å². The summed E-state index contributed by atoms with van der Waals surface area (Å²) in [5.41, 5.74) is 2.79. The van der Waals surface area contributed by atoms with E-state index >= 15 is 0 Å². The zero-order chi connectivity index (χ0) is 23.0. The van der Waals surface area contributed by atoms with Crippen molar-refractivity contribution in [2.24, 2.45) is 0 Å². The largest absolute Gasteiger partial charge is 0.449 e. The molecule has 8 nitrogen and oxygen atoms in total. The molecule has 0 fully saturated rings. The van der Waals surface area contributed by atoms with Crippen molar-refractivity contribution in [3.63, 3.8) is 0 Å². The van der Waals surface area contributed by atoms with E-state index < -0.39 is 16.0 Å². The second-order valence-corrected chi connectivity index (χ2v) is 9.46. The molecule has 2 aromatic carbocycles. The molecule has 0 aliphatic carbocycles. The van der Waals surface area contributed by atoms with Crippen LogP contribution in [0.3, 0.4) is 0 Å². The average molecular weight is 449 g/mol. The summed E-state index contributed by atoms with van der Waals surface area (Å²) in [5, 5.41) is 0.758. The SMILES string of the molecule is C#CCOC(=O)c1cc2cccc(C)c2nc1-c1nc2c(S(=O)(=O)N(C)C)cccc2[nH]1. The number of sulfonamides is 1. The molecule has 0 saturated heterocycles. The number of carbonyl (C=O) groups is 1. The minimum Gasteiger partial charge on any atom is -0.449 e. The van der Waals surface area contributed by atoms with E-state index in [0.717, 1.165) is 15.3 Å². The first kappa shape index (κ1) is 21.5. The molecule has 0 spiro atoms. The number of hydrogen-bond donors (Lipinski definition) is 1. The third-order valence-electron chi connectivity index (χ3n) is 5.01. The number of aromatic nitrogens is 3. The number of H-pyrrole nitrogens is 1. The van der Waals surface area contributed by atoms with Gasteiger partial charge in [-0.3, -0.25) is 0 Å². The Labute approximate surface area is 185 Å². The average Bonchev–Trinajstić information content (AvgIpc) is 3.21. The molecule has 9 heteroatoms. The van der Waals surface area contributed by atoms with E-state index in [1.165, 1.54) is 20.2 Å². The summed E-state index contributed by atoms with van der Waals surface area (Å²) in [7, 11) is -0.829. The highest BCUT2D eigenvalue weighted by molar-refractivity contribution is 7.89. The van der Waals surface area contributed by atoms with Gasteiger partial charge in [-0.05, 0) is 30.7 Å². The molecule has 0 unspecified atom stereocenters. The van der Waals surface area contributed by atoms with Crippen LogP contribution in [0.1, 0.15) is 15.9 Å². The first-order valence-corrected chi connectivity index (χ1v) is 11.1. The van der Waals surface area contributed by atoms with Crippen LogP contribution in [0.5, 0.6) is 0 Å². The summed E-state index contributed by atoms with van der Waals surface area (Å²) in [6.07, 6.45) is 5.22. The Morgan fingerprint density at radius 3 is 2.62 bits per heavy atom. The van der Waals surface area contributed by atoms with Crippen molar-refractivity contribution in [2.45, 2.75) is 11.8 Å². The molecular weight excluding hydrogens is 428 g/mol. The second kappa shape index (κ2) is 8.07. The summed E-state index contributed by atoms with van der Waals surface area (Å²) in [5.74, 6) is 1.88. The van der Waals surface area contributed by atoms with Crippen LogP contribution in [-0.4, -0.2) is 54.3 Å². The number of fused-ring (bicyclic) bond motifs is 2. The number of terminal acetylenes is 1. The van der Waals surface area contributed by atoms with Crippen molar-refractivity contribution >= 4 is 37.9 Å². The molecule has 0 aliphatic heterocycles. The van der Waals surface area contributed by atoms with Crippen molar-refractivity contribution in [1.82, 2.24) is 19.3 Å². The molecule has 2 aromatic heterocycles. The van der Waals surface area contributed by atoms with E-state index in [1.807, 2.05) is 25.1 Å². The predicted molar refractivity (Wildman–Crippen MR) is 122 cm³/mol. The summed E-state index contributed by atoms with van der Waals surface area (Å²) >= 11 is 0. The van der Waals surface area contributed by atoms with Crippen LogP contribution in [0.4, 0.5) is 0 Å². The molecule has 0 atom stereocenters. The minimum atomic E-state index is -3.74. The van der Waals surface area contributed by atoms with Gasteiger partial charge in [-0.25, -0.2) is 27.5 Å². The lowest BCUT2D eigenvalue weighted by Gasteiger charge is -2.11. The number of rotatable bonds is 5. The third-order valence-corrected chi connectivity index (χ3v) is 6.86. The standard InChI is InChI=1S/C23H20N4O4S/c1-5-12-31-23(28)16-13-15-9-6-8-14(2)19(15)25-20(16)22-24-17-10-7-11-18(21(17)26-22)32(29,30)27(3)4/h1,6-11,13H,12H2,2-4H3,(H,24,26). The zero-order valence-corrected chi connectivity index (χ0v) is 18.5. The van der Waals surface area contributed by atoms with Gasteiger partial charge in [0.2, 0.25) is 10.0 Å². The molecule has 0 radical (unpaired) electrons. The third kappa shape index (κ3) is 3.60. The quantitative estimate of drug-likeness (QED) is 0.372. The molecule has 32 heavy (non-hydrogen) atoms. The number of aryl methyl sites for hydroxylation is 1. The molecule has 162 valence electrons. The van der Waals surface area contributed by atoms with E-state index in [2.05, 4.69) is 15.9 Å². The van der Waals surface area contributed by atoms with Crippen LogP contribution >= 0.6 is 0 Å². The van der Waals surface area contributed by atoms with Gasteiger partial charge in [0.25, 0.3) is 0 Å².